The number of carbonyl (C=O) groups excluding carboxylic acids is 1. The molecular weight excluding hydrogens is 284 g/mol. The molecule has 0 radical (unpaired) electrons. The van der Waals surface area contributed by atoms with Crippen molar-refractivity contribution in [2.75, 3.05) is 0 Å². The zero-order valence-electron chi connectivity index (χ0n) is 6.55. The highest BCUT2D eigenvalue weighted by molar-refractivity contribution is 9.25. The summed E-state index contributed by atoms with van der Waals surface area (Å²) in [6, 6.07) is 7.54. The first kappa shape index (κ1) is 9.93. The van der Waals surface area contributed by atoms with Crippen molar-refractivity contribution in [2.24, 2.45) is 0 Å². The standard InChI is InChI=1S/C9H8Br2O/c1-6-4-2-3-5-7(6)8(12)9(10)11/h2-5,9H,1H3. The number of hydrogen-bond acceptors (Lipinski definition) is 1. The van der Waals surface area contributed by atoms with Crippen molar-refractivity contribution in [1.29, 1.82) is 0 Å². The molecule has 0 N–H and O–H groups in total. The van der Waals surface area contributed by atoms with Crippen LogP contribution >= 0.6 is 31.9 Å². The molecule has 1 rings (SSSR count). The molecule has 0 aliphatic heterocycles. The number of Topliss-reactive ketones (excluding diaryl/α,β-unsaturated/α-hetero) is 1. The van der Waals surface area contributed by atoms with Gasteiger partial charge in [0.05, 0.1) is 0 Å². The lowest BCUT2D eigenvalue weighted by Crippen LogP contribution is -2.08. The summed E-state index contributed by atoms with van der Waals surface area (Å²) in [4.78, 5) is 11.5. The van der Waals surface area contributed by atoms with E-state index in [2.05, 4.69) is 31.9 Å². The highest BCUT2D eigenvalue weighted by Crippen LogP contribution is 2.17. The monoisotopic (exact) mass is 290 g/mol. The second-order valence-electron chi connectivity index (χ2n) is 2.48. The van der Waals surface area contributed by atoms with Gasteiger partial charge < -0.3 is 0 Å². The molecule has 1 nitrogen and oxygen atoms in total. The highest BCUT2D eigenvalue weighted by Gasteiger charge is 2.14. The summed E-state index contributed by atoms with van der Waals surface area (Å²) >= 11 is 6.36. The van der Waals surface area contributed by atoms with E-state index in [0.717, 1.165) is 11.1 Å². The number of hydrogen-bond donors (Lipinski definition) is 0. The fraction of sp³-hybridized carbons (Fsp3) is 0.222. The molecule has 64 valence electrons. The molecule has 0 fully saturated rings. The Hall–Kier alpha value is -0.150. The minimum Gasteiger partial charge on any atom is -0.292 e. The summed E-state index contributed by atoms with van der Waals surface area (Å²) in [6.07, 6.45) is 0. The lowest BCUT2D eigenvalue weighted by molar-refractivity contribution is 0.101. The van der Waals surface area contributed by atoms with E-state index >= 15 is 0 Å². The van der Waals surface area contributed by atoms with Crippen LogP contribution in [0.15, 0.2) is 24.3 Å². The minimum absolute atomic E-state index is 0.0631. The molecule has 1 aromatic rings. The van der Waals surface area contributed by atoms with Gasteiger partial charge in [0.15, 0.2) is 5.78 Å². The van der Waals surface area contributed by atoms with Crippen LogP contribution in [0.3, 0.4) is 0 Å². The van der Waals surface area contributed by atoms with Crippen LogP contribution in [0.1, 0.15) is 15.9 Å². The Morgan fingerprint density at radius 2 is 1.92 bits per heavy atom. The number of ketones is 1. The molecule has 12 heavy (non-hydrogen) atoms. The molecule has 0 spiro atoms. The summed E-state index contributed by atoms with van der Waals surface area (Å²) in [5.41, 5.74) is 1.77. The molecule has 0 aliphatic carbocycles. The van der Waals surface area contributed by atoms with E-state index in [9.17, 15) is 4.79 Å². The van der Waals surface area contributed by atoms with Gasteiger partial charge in [-0.05, 0) is 12.5 Å². The van der Waals surface area contributed by atoms with Crippen LogP contribution in [-0.4, -0.2) is 9.52 Å². The summed E-state index contributed by atoms with van der Waals surface area (Å²) in [5.74, 6) is 0.0631. The van der Waals surface area contributed by atoms with Gasteiger partial charge in [-0.15, -0.1) is 0 Å². The van der Waals surface area contributed by atoms with Gasteiger partial charge in [-0.1, -0.05) is 56.1 Å². The second-order valence-corrected chi connectivity index (χ2v) is 5.54. The van der Waals surface area contributed by atoms with Gasteiger partial charge in [0.1, 0.15) is 3.74 Å². The Morgan fingerprint density at radius 1 is 1.33 bits per heavy atom. The Balaban J connectivity index is 3.03. The first-order valence-electron chi connectivity index (χ1n) is 3.51. The lowest BCUT2D eigenvalue weighted by Gasteiger charge is -2.04. The van der Waals surface area contributed by atoms with Gasteiger partial charge in [-0.3, -0.25) is 4.79 Å². The van der Waals surface area contributed by atoms with E-state index in [1.807, 2.05) is 31.2 Å². The van der Waals surface area contributed by atoms with Crippen molar-refractivity contribution in [2.45, 2.75) is 10.7 Å². The SMILES string of the molecule is Cc1ccccc1C(=O)C(Br)Br. The minimum atomic E-state index is -0.286. The Kier molecular flexibility index (Phi) is 3.47. The largest absolute Gasteiger partial charge is 0.292 e. The van der Waals surface area contributed by atoms with E-state index in [0.29, 0.717) is 0 Å². The predicted octanol–water partition coefficient (Wildman–Crippen LogP) is 3.29. The van der Waals surface area contributed by atoms with Crippen LogP contribution in [0.2, 0.25) is 0 Å². The Labute approximate surface area is 88.4 Å². The van der Waals surface area contributed by atoms with Gasteiger partial charge in [0, 0.05) is 5.56 Å². The smallest absolute Gasteiger partial charge is 0.187 e. The molecule has 0 unspecified atom stereocenters. The zero-order valence-corrected chi connectivity index (χ0v) is 9.72. The van der Waals surface area contributed by atoms with Crippen molar-refractivity contribution in [1.82, 2.24) is 0 Å². The first-order valence-corrected chi connectivity index (χ1v) is 5.34. The van der Waals surface area contributed by atoms with E-state index in [-0.39, 0.29) is 9.52 Å². The number of halogens is 2. The third-order valence-corrected chi connectivity index (χ3v) is 2.44. The summed E-state index contributed by atoms with van der Waals surface area (Å²) in [6.45, 7) is 1.93. The van der Waals surface area contributed by atoms with Crippen molar-refractivity contribution in [3.63, 3.8) is 0 Å². The quantitative estimate of drug-likeness (QED) is 0.604. The zero-order chi connectivity index (χ0) is 9.14. The predicted molar refractivity (Wildman–Crippen MR) is 57.2 cm³/mol. The van der Waals surface area contributed by atoms with Gasteiger partial charge in [-0.2, -0.15) is 0 Å². The van der Waals surface area contributed by atoms with Gasteiger partial charge in [0.25, 0.3) is 0 Å². The van der Waals surface area contributed by atoms with Crippen LogP contribution < -0.4 is 0 Å². The molecule has 1 aromatic carbocycles. The van der Waals surface area contributed by atoms with Crippen molar-refractivity contribution >= 4 is 37.6 Å². The molecule has 0 heterocycles. The van der Waals surface area contributed by atoms with Crippen molar-refractivity contribution < 1.29 is 4.79 Å². The maximum Gasteiger partial charge on any atom is 0.187 e. The van der Waals surface area contributed by atoms with Gasteiger partial charge in [0.2, 0.25) is 0 Å². The van der Waals surface area contributed by atoms with Gasteiger partial charge >= 0.3 is 0 Å². The summed E-state index contributed by atoms with van der Waals surface area (Å²) < 4.78 is -0.286. The number of aryl methyl sites for hydroxylation is 1. The second kappa shape index (κ2) is 4.19. The molecule has 0 bridgehead atoms. The molecule has 0 aliphatic rings. The van der Waals surface area contributed by atoms with Crippen LogP contribution in [0.5, 0.6) is 0 Å². The topological polar surface area (TPSA) is 17.1 Å². The molecular formula is C9H8Br2O. The van der Waals surface area contributed by atoms with Crippen molar-refractivity contribution in [3.8, 4) is 0 Å². The number of alkyl halides is 2. The van der Waals surface area contributed by atoms with Crippen molar-refractivity contribution in [3.05, 3.63) is 35.4 Å². The number of benzene rings is 1. The third-order valence-electron chi connectivity index (χ3n) is 1.61. The lowest BCUT2D eigenvalue weighted by atomic mass is 10.1. The normalized spacial score (nSPS) is 10.3. The molecule has 0 saturated heterocycles. The molecule has 0 atom stereocenters. The van der Waals surface area contributed by atoms with Crippen LogP contribution in [0.4, 0.5) is 0 Å². The number of carbonyl (C=O) groups is 1. The molecule has 0 aromatic heterocycles. The molecule has 3 heteroatoms. The summed E-state index contributed by atoms with van der Waals surface area (Å²) in [7, 11) is 0. The first-order chi connectivity index (χ1) is 5.63. The van der Waals surface area contributed by atoms with E-state index in [1.54, 1.807) is 0 Å². The van der Waals surface area contributed by atoms with E-state index in [4.69, 9.17) is 0 Å². The highest BCUT2D eigenvalue weighted by atomic mass is 79.9. The van der Waals surface area contributed by atoms with Gasteiger partial charge in [-0.25, -0.2) is 0 Å². The maximum atomic E-state index is 11.5. The van der Waals surface area contributed by atoms with Crippen LogP contribution in [0, 0.1) is 6.92 Å². The number of rotatable bonds is 2. The Morgan fingerprint density at radius 3 is 2.42 bits per heavy atom. The fourth-order valence-electron chi connectivity index (χ4n) is 0.967. The fourth-order valence-corrected chi connectivity index (χ4v) is 1.46. The summed E-state index contributed by atoms with van der Waals surface area (Å²) in [5, 5.41) is 0. The van der Waals surface area contributed by atoms with Crippen LogP contribution in [-0.2, 0) is 0 Å². The molecule has 0 saturated carbocycles. The van der Waals surface area contributed by atoms with Crippen LogP contribution in [0.25, 0.3) is 0 Å². The Bertz CT molecular complexity index is 294. The average molecular weight is 292 g/mol. The third kappa shape index (κ3) is 2.17. The molecule has 0 amide bonds. The average Bonchev–Trinajstić information content (AvgIpc) is 2.04. The van der Waals surface area contributed by atoms with E-state index < -0.39 is 0 Å². The maximum absolute atomic E-state index is 11.5. The van der Waals surface area contributed by atoms with E-state index in [1.165, 1.54) is 0 Å².